The molecule has 1 atom stereocenters. The summed E-state index contributed by atoms with van der Waals surface area (Å²) >= 11 is 0. The van der Waals surface area contributed by atoms with Crippen LogP contribution in [-0.4, -0.2) is 66.2 Å². The van der Waals surface area contributed by atoms with Gasteiger partial charge in [-0.3, -0.25) is 14.4 Å². The molecule has 2 amide bonds. The van der Waals surface area contributed by atoms with Crippen LogP contribution >= 0.6 is 0 Å². The lowest BCUT2D eigenvalue weighted by atomic mass is 9.82. The van der Waals surface area contributed by atoms with Crippen LogP contribution in [0.15, 0.2) is 54.1 Å². The molecule has 2 aromatic rings. The number of carbonyl (C=O) groups is 3. The summed E-state index contributed by atoms with van der Waals surface area (Å²) in [6, 6.07) is 11.9. The number of nitrogens with zero attached hydrogens (tertiary/aromatic N) is 3. The van der Waals surface area contributed by atoms with E-state index in [1.165, 1.54) is 21.9 Å². The lowest BCUT2D eigenvalue weighted by molar-refractivity contribution is -0.143. The van der Waals surface area contributed by atoms with Crippen LogP contribution in [0.1, 0.15) is 24.5 Å². The van der Waals surface area contributed by atoms with Crippen LogP contribution in [0.2, 0.25) is 0 Å². The van der Waals surface area contributed by atoms with Crippen molar-refractivity contribution in [3.05, 3.63) is 71.0 Å². The smallest absolute Gasteiger partial charge is 0.296 e. The van der Waals surface area contributed by atoms with Gasteiger partial charge in [0.05, 0.1) is 11.3 Å². The topological polar surface area (TPSA) is 81.2 Å². The van der Waals surface area contributed by atoms with Crippen LogP contribution in [0.25, 0.3) is 5.76 Å². The van der Waals surface area contributed by atoms with Gasteiger partial charge in [0.15, 0.2) is 5.54 Å². The van der Waals surface area contributed by atoms with Gasteiger partial charge in [-0.1, -0.05) is 18.2 Å². The van der Waals surface area contributed by atoms with Gasteiger partial charge < -0.3 is 19.8 Å². The zero-order valence-corrected chi connectivity index (χ0v) is 18.8. The third-order valence-electron chi connectivity index (χ3n) is 6.23. The first kappa shape index (κ1) is 22.7. The molecule has 0 saturated carbocycles. The second-order valence-electron chi connectivity index (χ2n) is 8.45. The van der Waals surface area contributed by atoms with Gasteiger partial charge in [0.1, 0.15) is 11.6 Å². The molecule has 1 fully saturated rings. The van der Waals surface area contributed by atoms with Gasteiger partial charge in [0.25, 0.3) is 17.6 Å². The number of amides is 2. The maximum Gasteiger partial charge on any atom is 0.296 e. The monoisotopic (exact) mass is 451 g/mol. The molecule has 2 aliphatic heterocycles. The Hall–Kier alpha value is -3.52. The number of benzene rings is 2. The fourth-order valence-corrected chi connectivity index (χ4v) is 4.78. The lowest BCUT2D eigenvalue weighted by Gasteiger charge is -2.34. The number of aliphatic hydroxyl groups is 1. The van der Waals surface area contributed by atoms with E-state index in [0.29, 0.717) is 30.8 Å². The Morgan fingerprint density at radius 1 is 1.06 bits per heavy atom. The summed E-state index contributed by atoms with van der Waals surface area (Å²) in [4.78, 5) is 45.4. The molecule has 0 aliphatic carbocycles. The van der Waals surface area contributed by atoms with Gasteiger partial charge in [-0.15, -0.1) is 0 Å². The predicted octanol–water partition coefficient (Wildman–Crippen LogP) is 2.72. The van der Waals surface area contributed by atoms with E-state index in [2.05, 4.69) is 0 Å². The van der Waals surface area contributed by atoms with Crippen LogP contribution < -0.4 is 4.90 Å². The van der Waals surface area contributed by atoms with Crippen LogP contribution in [0.4, 0.5) is 10.1 Å². The van der Waals surface area contributed by atoms with Crippen molar-refractivity contribution in [3.8, 4) is 0 Å². The number of ketones is 1. The number of rotatable bonds is 6. The SMILES string of the molecule is CCN1C(=O)[C@@]2(C(=C(O)c3ccc(F)cc3)C(=O)C(=O)N2CCCN(C)C)c2ccccc21. The second-order valence-corrected chi connectivity index (χ2v) is 8.45. The minimum absolute atomic E-state index is 0.153. The van der Waals surface area contributed by atoms with Gasteiger partial charge in [-0.25, -0.2) is 4.39 Å². The van der Waals surface area contributed by atoms with Crippen molar-refractivity contribution in [2.75, 3.05) is 38.6 Å². The van der Waals surface area contributed by atoms with Crippen molar-refractivity contribution >= 4 is 29.0 Å². The van der Waals surface area contributed by atoms with Crippen molar-refractivity contribution in [1.29, 1.82) is 0 Å². The third kappa shape index (κ3) is 3.33. The maximum absolute atomic E-state index is 14.0. The van der Waals surface area contributed by atoms with Crippen molar-refractivity contribution in [3.63, 3.8) is 0 Å². The number of likely N-dealkylation sites (tertiary alicyclic amines) is 1. The standard InChI is InChI=1S/C25H26FN3O4/c1-4-28-19-9-6-5-8-18(19)25(24(28)33)20(21(30)16-10-12-17(26)13-11-16)22(31)23(32)29(25)15-7-14-27(2)3/h5-6,8-13,30H,4,7,14-15H2,1-3H3/t25-/m0/s1. The highest BCUT2D eigenvalue weighted by Crippen LogP contribution is 2.53. The van der Waals surface area contributed by atoms with Crippen molar-refractivity contribution in [1.82, 2.24) is 9.80 Å². The van der Waals surface area contributed by atoms with E-state index < -0.39 is 34.7 Å². The number of halogens is 1. The van der Waals surface area contributed by atoms with Gasteiger partial charge in [0, 0.05) is 24.2 Å². The molecule has 4 rings (SSSR count). The lowest BCUT2D eigenvalue weighted by Crippen LogP contribution is -2.52. The molecular weight excluding hydrogens is 425 g/mol. The highest BCUT2D eigenvalue weighted by atomic mass is 19.1. The van der Waals surface area contributed by atoms with E-state index in [0.717, 1.165) is 12.1 Å². The number of carbonyl (C=O) groups excluding carboxylic acids is 3. The van der Waals surface area contributed by atoms with E-state index in [1.807, 2.05) is 25.9 Å². The number of aliphatic hydroxyl groups excluding tert-OH is 1. The molecule has 0 aromatic heterocycles. The highest BCUT2D eigenvalue weighted by Gasteiger charge is 2.66. The molecule has 1 spiro atoms. The molecule has 0 radical (unpaired) electrons. The molecule has 1 saturated heterocycles. The summed E-state index contributed by atoms with van der Waals surface area (Å²) in [5, 5.41) is 11.2. The molecule has 2 aliphatic rings. The number of likely N-dealkylation sites (N-methyl/N-ethyl adjacent to an activating group) is 1. The normalized spacial score (nSPS) is 21.5. The summed E-state index contributed by atoms with van der Waals surface area (Å²) in [5.74, 6) is -3.23. The third-order valence-corrected chi connectivity index (χ3v) is 6.23. The first-order valence-electron chi connectivity index (χ1n) is 10.9. The number of anilines is 1. The van der Waals surface area contributed by atoms with Gasteiger partial charge in [0.2, 0.25) is 0 Å². The highest BCUT2D eigenvalue weighted by molar-refractivity contribution is 6.50. The average Bonchev–Trinajstić information content (AvgIpc) is 3.17. The number of Topliss-reactive ketones (excluding diaryl/α,β-unsaturated/α-hetero) is 1. The molecule has 8 heteroatoms. The molecule has 2 aromatic carbocycles. The first-order chi connectivity index (χ1) is 15.7. The Labute approximate surface area is 191 Å². The Kier molecular flexibility index (Phi) is 5.80. The number of hydrogen-bond donors (Lipinski definition) is 1. The zero-order chi connectivity index (χ0) is 23.9. The minimum Gasteiger partial charge on any atom is -0.507 e. The van der Waals surface area contributed by atoms with Crippen molar-refractivity contribution < 1.29 is 23.9 Å². The fraction of sp³-hybridized carbons (Fsp3) is 0.320. The predicted molar refractivity (Wildman–Crippen MR) is 122 cm³/mol. The van der Waals surface area contributed by atoms with Crippen LogP contribution in [0.3, 0.4) is 0 Å². The van der Waals surface area contributed by atoms with E-state index in [4.69, 9.17) is 0 Å². The molecular formula is C25H26FN3O4. The number of hydrogen-bond acceptors (Lipinski definition) is 5. The molecule has 1 N–H and O–H groups in total. The molecule has 33 heavy (non-hydrogen) atoms. The van der Waals surface area contributed by atoms with Crippen molar-refractivity contribution in [2.24, 2.45) is 0 Å². The second kappa shape index (κ2) is 8.44. The van der Waals surface area contributed by atoms with Crippen LogP contribution in [-0.2, 0) is 19.9 Å². The van der Waals surface area contributed by atoms with Gasteiger partial charge in [-0.05, 0) is 64.3 Å². The van der Waals surface area contributed by atoms with Crippen molar-refractivity contribution in [2.45, 2.75) is 18.9 Å². The minimum atomic E-state index is -1.77. The molecule has 7 nitrogen and oxygen atoms in total. The largest absolute Gasteiger partial charge is 0.507 e. The molecule has 0 unspecified atom stereocenters. The summed E-state index contributed by atoms with van der Waals surface area (Å²) in [5.41, 5.74) is -0.829. The Bertz CT molecular complexity index is 1160. The Morgan fingerprint density at radius 3 is 2.36 bits per heavy atom. The van der Waals surface area contributed by atoms with E-state index in [9.17, 15) is 23.9 Å². The van der Waals surface area contributed by atoms with E-state index in [1.54, 1.807) is 24.3 Å². The first-order valence-corrected chi connectivity index (χ1v) is 10.9. The Balaban J connectivity index is 1.99. The molecule has 0 bridgehead atoms. The van der Waals surface area contributed by atoms with E-state index >= 15 is 0 Å². The zero-order valence-electron chi connectivity index (χ0n) is 18.8. The van der Waals surface area contributed by atoms with Crippen LogP contribution in [0.5, 0.6) is 0 Å². The quantitative estimate of drug-likeness (QED) is 0.415. The number of para-hydroxylation sites is 1. The fourth-order valence-electron chi connectivity index (χ4n) is 4.78. The summed E-state index contributed by atoms with van der Waals surface area (Å²) in [7, 11) is 3.79. The van der Waals surface area contributed by atoms with Gasteiger partial charge in [-0.2, -0.15) is 0 Å². The van der Waals surface area contributed by atoms with E-state index in [-0.39, 0.29) is 17.7 Å². The average molecular weight is 451 g/mol. The maximum atomic E-state index is 14.0. The molecule has 172 valence electrons. The van der Waals surface area contributed by atoms with Gasteiger partial charge >= 0.3 is 0 Å². The summed E-state index contributed by atoms with van der Waals surface area (Å²) in [6.45, 7) is 2.94. The summed E-state index contributed by atoms with van der Waals surface area (Å²) < 4.78 is 13.5. The molecule has 2 heterocycles. The van der Waals surface area contributed by atoms with Crippen LogP contribution in [0, 0.1) is 5.82 Å². The summed E-state index contributed by atoms with van der Waals surface area (Å²) in [6.07, 6.45) is 0.528. The number of fused-ring (bicyclic) bond motifs is 2. The Morgan fingerprint density at radius 2 is 1.73 bits per heavy atom.